The molecule has 0 fully saturated rings. The Kier molecular flexibility index (Phi) is 42.6. The number of phosphoric acid groups is 1. The van der Waals surface area contributed by atoms with Gasteiger partial charge in [0, 0.05) is 12.8 Å². The van der Waals surface area contributed by atoms with Crippen molar-refractivity contribution in [3.05, 3.63) is 60.8 Å². The number of hydrogen-bond donors (Lipinski definition) is 2. The molecule has 336 valence electrons. The summed E-state index contributed by atoms with van der Waals surface area (Å²) in [5.74, 6) is -0.917. The molecular weight excluding hydrogens is 748 g/mol. The number of ether oxygens (including phenoxy) is 2. The summed E-state index contributed by atoms with van der Waals surface area (Å²) >= 11 is 0. The van der Waals surface area contributed by atoms with E-state index < -0.39 is 32.5 Å². The van der Waals surface area contributed by atoms with Gasteiger partial charge in [-0.1, -0.05) is 209 Å². The van der Waals surface area contributed by atoms with Gasteiger partial charge < -0.3 is 19.3 Å². The van der Waals surface area contributed by atoms with Crippen molar-refractivity contribution in [2.24, 2.45) is 0 Å². The van der Waals surface area contributed by atoms with Gasteiger partial charge in [0.2, 0.25) is 0 Å². The quantitative estimate of drug-likeness (QED) is 0.0270. The van der Waals surface area contributed by atoms with E-state index in [0.29, 0.717) is 12.8 Å². The molecule has 0 heterocycles. The fourth-order valence-electron chi connectivity index (χ4n) is 6.58. The van der Waals surface area contributed by atoms with Crippen LogP contribution in [0.2, 0.25) is 0 Å². The average Bonchev–Trinajstić information content (AvgIpc) is 3.20. The normalized spacial score (nSPS) is 13.0. The van der Waals surface area contributed by atoms with Crippen molar-refractivity contribution in [3.63, 3.8) is 0 Å². The van der Waals surface area contributed by atoms with Crippen molar-refractivity contribution in [3.8, 4) is 0 Å². The minimum absolute atomic E-state index is 0.206. The van der Waals surface area contributed by atoms with Crippen LogP contribution in [0.25, 0.3) is 0 Å². The van der Waals surface area contributed by atoms with E-state index in [9.17, 15) is 14.2 Å². The molecule has 0 aliphatic heterocycles. The maximum absolute atomic E-state index is 12.5. The van der Waals surface area contributed by atoms with Gasteiger partial charge in [0.05, 0.1) is 6.61 Å². The molecule has 1 atom stereocenters. The van der Waals surface area contributed by atoms with Crippen LogP contribution in [-0.4, -0.2) is 41.0 Å². The Balaban J connectivity index is 3.90. The molecule has 0 aromatic rings. The van der Waals surface area contributed by atoms with Gasteiger partial charge in [-0.2, -0.15) is 0 Å². The van der Waals surface area contributed by atoms with Gasteiger partial charge in [0.15, 0.2) is 6.10 Å². The lowest BCUT2D eigenvalue weighted by Crippen LogP contribution is -2.29. The second kappa shape index (κ2) is 44.3. The zero-order valence-electron chi connectivity index (χ0n) is 37.2. The Hall–Kier alpha value is -2.25. The molecule has 0 unspecified atom stereocenters. The molecule has 8 nitrogen and oxygen atoms in total. The van der Waals surface area contributed by atoms with E-state index in [2.05, 4.69) is 79.1 Å². The largest absolute Gasteiger partial charge is 0.469 e. The van der Waals surface area contributed by atoms with Gasteiger partial charge in [-0.05, 0) is 57.8 Å². The van der Waals surface area contributed by atoms with Gasteiger partial charge in [-0.3, -0.25) is 14.1 Å². The lowest BCUT2D eigenvalue weighted by molar-refractivity contribution is -0.161. The SMILES string of the molecule is CC/C=C\C/C=C\C/C=C\C/C=C\C/C=C\CCCCCC(=O)OC[C@H](COP(=O)(O)O)OC(=O)CCCCCCCCCCCCCCCCCCCCCCC. The van der Waals surface area contributed by atoms with Gasteiger partial charge in [-0.25, -0.2) is 4.57 Å². The van der Waals surface area contributed by atoms with Crippen molar-refractivity contribution in [2.45, 2.75) is 225 Å². The topological polar surface area (TPSA) is 119 Å². The highest BCUT2D eigenvalue weighted by Crippen LogP contribution is 2.36. The van der Waals surface area contributed by atoms with E-state index in [1.807, 2.05) is 0 Å². The van der Waals surface area contributed by atoms with Crippen molar-refractivity contribution in [2.75, 3.05) is 13.2 Å². The minimum Gasteiger partial charge on any atom is -0.462 e. The molecule has 58 heavy (non-hydrogen) atoms. The second-order valence-corrected chi connectivity index (χ2v) is 16.9. The van der Waals surface area contributed by atoms with E-state index >= 15 is 0 Å². The number of rotatable bonds is 43. The first kappa shape index (κ1) is 55.8. The predicted molar refractivity (Wildman–Crippen MR) is 244 cm³/mol. The van der Waals surface area contributed by atoms with Crippen molar-refractivity contribution in [1.29, 1.82) is 0 Å². The standard InChI is InChI=1S/C49H87O8P/c1-3-5-7-9-11-13-15-17-19-21-23-24-26-28-30-32-34-36-38-40-42-44-49(51)57-47(46-56-58(52,53)54)45-55-48(50)43-41-39-37-35-33-31-29-27-25-22-20-18-16-14-12-10-8-6-4-2/h6,8,12,14,18,20,25,27,31,33,47H,3-5,7,9-11,13,15-17,19,21-24,26,28-30,32,34-46H2,1-2H3,(H2,52,53,54)/b8-6-,14-12-,20-18-,27-25-,33-31-/t47-/m1/s1. The third kappa shape index (κ3) is 46.4. The van der Waals surface area contributed by atoms with Crippen LogP contribution < -0.4 is 0 Å². The second-order valence-electron chi connectivity index (χ2n) is 15.7. The summed E-state index contributed by atoms with van der Waals surface area (Å²) in [6, 6.07) is 0. The van der Waals surface area contributed by atoms with Crippen LogP contribution in [0.15, 0.2) is 60.8 Å². The third-order valence-corrected chi connectivity index (χ3v) is 10.5. The monoisotopic (exact) mass is 835 g/mol. The Morgan fingerprint density at radius 2 is 0.828 bits per heavy atom. The molecule has 0 aromatic heterocycles. The first-order chi connectivity index (χ1) is 28.3. The molecule has 0 saturated heterocycles. The van der Waals surface area contributed by atoms with E-state index in [1.165, 1.54) is 109 Å². The van der Waals surface area contributed by atoms with Gasteiger partial charge in [0.1, 0.15) is 6.61 Å². The highest BCUT2D eigenvalue weighted by molar-refractivity contribution is 7.46. The lowest BCUT2D eigenvalue weighted by atomic mass is 10.0. The van der Waals surface area contributed by atoms with E-state index in [0.717, 1.165) is 70.6 Å². The summed E-state index contributed by atoms with van der Waals surface area (Å²) in [5.41, 5.74) is 0. The molecule has 0 aromatic carbocycles. The molecule has 9 heteroatoms. The fourth-order valence-corrected chi connectivity index (χ4v) is 6.94. The number of carbonyl (C=O) groups excluding carboxylic acids is 2. The number of phosphoric ester groups is 1. The summed E-state index contributed by atoms with van der Waals surface area (Å²) < 4.78 is 26.5. The number of hydrogen-bond acceptors (Lipinski definition) is 6. The molecule has 0 radical (unpaired) electrons. The first-order valence-electron chi connectivity index (χ1n) is 23.6. The van der Waals surface area contributed by atoms with Gasteiger partial charge in [0.25, 0.3) is 0 Å². The van der Waals surface area contributed by atoms with Crippen LogP contribution in [0.5, 0.6) is 0 Å². The van der Waals surface area contributed by atoms with Crippen molar-refractivity contribution in [1.82, 2.24) is 0 Å². The molecule has 0 rings (SSSR count). The number of esters is 2. The van der Waals surface area contributed by atoms with E-state index in [4.69, 9.17) is 19.3 Å². The van der Waals surface area contributed by atoms with Crippen molar-refractivity contribution >= 4 is 19.8 Å². The van der Waals surface area contributed by atoms with Crippen LogP contribution in [0.1, 0.15) is 219 Å². The highest BCUT2D eigenvalue weighted by atomic mass is 31.2. The number of unbranched alkanes of at least 4 members (excludes halogenated alkanes) is 23. The van der Waals surface area contributed by atoms with Crippen LogP contribution in [-0.2, 0) is 28.2 Å². The number of allylic oxidation sites excluding steroid dienone is 10. The average molecular weight is 835 g/mol. The first-order valence-corrected chi connectivity index (χ1v) is 25.1. The molecule has 0 aliphatic carbocycles. The number of carbonyl (C=O) groups is 2. The summed E-state index contributed by atoms with van der Waals surface area (Å²) in [5, 5.41) is 0. The molecule has 0 bridgehead atoms. The Bertz CT molecular complexity index is 1120. The fraction of sp³-hybridized carbons (Fsp3) is 0.755. The van der Waals surface area contributed by atoms with Crippen LogP contribution in [0.3, 0.4) is 0 Å². The Labute approximate surface area is 356 Å². The third-order valence-electron chi connectivity index (χ3n) is 10.1. The van der Waals surface area contributed by atoms with E-state index in [-0.39, 0.29) is 19.4 Å². The van der Waals surface area contributed by atoms with E-state index in [1.54, 1.807) is 0 Å². The summed E-state index contributed by atoms with van der Waals surface area (Å²) in [6.45, 7) is 3.57. The molecule has 0 amide bonds. The van der Waals surface area contributed by atoms with Crippen LogP contribution >= 0.6 is 7.82 Å². The lowest BCUT2D eigenvalue weighted by Gasteiger charge is -2.18. The maximum Gasteiger partial charge on any atom is 0.469 e. The zero-order valence-corrected chi connectivity index (χ0v) is 38.1. The molecule has 2 N–H and O–H groups in total. The Morgan fingerprint density at radius 3 is 1.24 bits per heavy atom. The molecular formula is C49H87O8P. The Morgan fingerprint density at radius 1 is 0.466 bits per heavy atom. The smallest absolute Gasteiger partial charge is 0.462 e. The molecule has 0 saturated carbocycles. The van der Waals surface area contributed by atoms with Gasteiger partial charge in [-0.15, -0.1) is 0 Å². The summed E-state index contributed by atoms with van der Waals surface area (Å²) in [4.78, 5) is 43.0. The molecule has 0 aliphatic rings. The highest BCUT2D eigenvalue weighted by Gasteiger charge is 2.22. The predicted octanol–water partition coefficient (Wildman–Crippen LogP) is 14.9. The zero-order chi connectivity index (χ0) is 42.5. The summed E-state index contributed by atoms with van der Waals surface area (Å²) in [7, 11) is -4.77. The summed E-state index contributed by atoms with van der Waals surface area (Å²) in [6.07, 6.45) is 56.6. The molecule has 0 spiro atoms. The van der Waals surface area contributed by atoms with Crippen LogP contribution in [0, 0.1) is 0 Å². The van der Waals surface area contributed by atoms with Crippen LogP contribution in [0.4, 0.5) is 0 Å². The maximum atomic E-state index is 12.5. The van der Waals surface area contributed by atoms with Gasteiger partial charge >= 0.3 is 19.8 Å². The van der Waals surface area contributed by atoms with Crippen molar-refractivity contribution < 1.29 is 37.9 Å². The minimum atomic E-state index is -4.77.